The molecule has 0 saturated heterocycles. The monoisotopic (exact) mass is 545 g/mol. The second-order valence-corrected chi connectivity index (χ2v) is 10.6. The van der Waals surface area contributed by atoms with Gasteiger partial charge < -0.3 is 14.4 Å². The molecule has 42 heavy (non-hydrogen) atoms. The van der Waals surface area contributed by atoms with Crippen LogP contribution in [0.5, 0.6) is 0 Å². The molecule has 1 heterocycles. The normalized spacial score (nSPS) is 15.6. The van der Waals surface area contributed by atoms with Crippen LogP contribution in [0.1, 0.15) is 24.5 Å². The van der Waals surface area contributed by atoms with Gasteiger partial charge in [-0.25, -0.2) is 0 Å². The van der Waals surface area contributed by atoms with Gasteiger partial charge in [-0.15, -0.1) is 0 Å². The molecular weight excluding hydrogens is 514 g/mol. The highest BCUT2D eigenvalue weighted by atomic mass is 16.3. The Bertz CT molecular complexity index is 2020. The van der Waals surface area contributed by atoms with E-state index in [1.54, 1.807) is 0 Å². The van der Waals surface area contributed by atoms with E-state index in [1.165, 1.54) is 27.3 Å². The SMILES string of the molecule is C/C=C\C(=C/O)c1ccc(N(c2ccccc2)C2C=CC(c3ccc4c(ccc5oc6ccccc6c54)c3)=CC2)cc1. The fourth-order valence-electron chi connectivity index (χ4n) is 6.08. The van der Waals surface area contributed by atoms with Crippen molar-refractivity contribution in [1.29, 1.82) is 0 Å². The summed E-state index contributed by atoms with van der Waals surface area (Å²) in [4.78, 5) is 2.38. The fraction of sp³-hybridized carbons (Fsp3) is 0.0769. The summed E-state index contributed by atoms with van der Waals surface area (Å²) in [5.41, 5.74) is 8.32. The maximum Gasteiger partial charge on any atom is 0.136 e. The Morgan fingerprint density at radius 1 is 0.810 bits per heavy atom. The molecule has 5 aromatic carbocycles. The number of nitrogens with zero attached hydrogens (tertiary/aromatic N) is 1. The van der Waals surface area contributed by atoms with Gasteiger partial charge in [-0.05, 0) is 83.3 Å². The maximum absolute atomic E-state index is 9.68. The molecule has 1 aromatic heterocycles. The van der Waals surface area contributed by atoms with Gasteiger partial charge in [-0.1, -0.05) is 97.1 Å². The van der Waals surface area contributed by atoms with Crippen LogP contribution in [-0.4, -0.2) is 11.1 Å². The molecular formula is C39H31NO2. The summed E-state index contributed by atoms with van der Waals surface area (Å²) in [6.07, 6.45) is 12.8. The van der Waals surface area contributed by atoms with E-state index in [0.717, 1.165) is 51.7 Å². The van der Waals surface area contributed by atoms with Crippen molar-refractivity contribution in [2.24, 2.45) is 0 Å². The van der Waals surface area contributed by atoms with Crippen molar-refractivity contribution in [3.05, 3.63) is 157 Å². The minimum Gasteiger partial charge on any atom is -0.515 e. The molecule has 1 atom stereocenters. The molecule has 1 aliphatic rings. The largest absolute Gasteiger partial charge is 0.515 e. The first kappa shape index (κ1) is 25.7. The first-order chi connectivity index (χ1) is 20.7. The topological polar surface area (TPSA) is 36.6 Å². The summed E-state index contributed by atoms with van der Waals surface area (Å²) < 4.78 is 6.10. The number of rotatable bonds is 6. The first-order valence-corrected chi connectivity index (χ1v) is 14.4. The van der Waals surface area contributed by atoms with Crippen LogP contribution in [0.15, 0.2) is 150 Å². The number of aliphatic hydroxyl groups is 1. The van der Waals surface area contributed by atoms with E-state index >= 15 is 0 Å². The summed E-state index contributed by atoms with van der Waals surface area (Å²) in [5, 5.41) is 14.4. The predicted molar refractivity (Wildman–Crippen MR) is 177 cm³/mol. The predicted octanol–water partition coefficient (Wildman–Crippen LogP) is 10.8. The van der Waals surface area contributed by atoms with Gasteiger partial charge in [0.2, 0.25) is 0 Å². The lowest BCUT2D eigenvalue weighted by Gasteiger charge is -2.33. The van der Waals surface area contributed by atoms with Gasteiger partial charge in [-0.3, -0.25) is 0 Å². The van der Waals surface area contributed by atoms with Crippen LogP contribution in [0.2, 0.25) is 0 Å². The molecule has 0 amide bonds. The fourth-order valence-corrected chi connectivity index (χ4v) is 6.08. The lowest BCUT2D eigenvalue weighted by atomic mass is 9.93. The van der Waals surface area contributed by atoms with Gasteiger partial charge in [-0.2, -0.15) is 0 Å². The zero-order chi connectivity index (χ0) is 28.5. The molecule has 3 nitrogen and oxygen atoms in total. The second-order valence-electron chi connectivity index (χ2n) is 10.6. The van der Waals surface area contributed by atoms with Gasteiger partial charge in [0.1, 0.15) is 11.2 Å². The molecule has 3 heteroatoms. The minimum absolute atomic E-state index is 0.169. The van der Waals surface area contributed by atoms with Gasteiger partial charge in [0, 0.05) is 27.7 Å². The van der Waals surface area contributed by atoms with E-state index in [9.17, 15) is 5.11 Å². The number of anilines is 2. The van der Waals surface area contributed by atoms with Crippen molar-refractivity contribution in [1.82, 2.24) is 0 Å². The molecule has 0 radical (unpaired) electrons. The zero-order valence-corrected chi connectivity index (χ0v) is 23.4. The Labute approximate surface area is 245 Å². The standard InChI is InChI=1S/C39H31NO2/c1-2-8-31(26-41)28-15-21-34(22-16-28)40(32-9-4-3-5-10-32)33-19-13-27(14-20-33)29-17-23-35-30(25-29)18-24-38-39(35)36-11-6-7-12-37(36)42-38/h2-19,21-26,33,41H,20H2,1H3/b8-2-,31-26+. The van der Waals surface area contributed by atoms with Crippen LogP contribution in [-0.2, 0) is 0 Å². The number of hydrogen-bond acceptors (Lipinski definition) is 3. The number of furan rings is 1. The number of aliphatic hydroxyl groups excluding tert-OH is 1. The van der Waals surface area contributed by atoms with Crippen LogP contribution >= 0.6 is 0 Å². The first-order valence-electron chi connectivity index (χ1n) is 14.4. The van der Waals surface area contributed by atoms with E-state index in [0.29, 0.717) is 0 Å². The summed E-state index contributed by atoms with van der Waals surface area (Å²) in [6.45, 7) is 1.95. The van der Waals surface area contributed by atoms with Crippen molar-refractivity contribution >= 4 is 55.2 Å². The van der Waals surface area contributed by atoms with Crippen molar-refractivity contribution in [2.45, 2.75) is 19.4 Å². The summed E-state index contributed by atoms with van der Waals surface area (Å²) in [7, 11) is 0. The number of hydrogen-bond donors (Lipinski definition) is 1. The molecule has 0 bridgehead atoms. The van der Waals surface area contributed by atoms with Crippen molar-refractivity contribution in [3.63, 3.8) is 0 Å². The summed E-state index contributed by atoms with van der Waals surface area (Å²) >= 11 is 0. The number of allylic oxidation sites excluding steroid dienone is 5. The molecule has 0 aliphatic heterocycles. The van der Waals surface area contributed by atoms with Crippen LogP contribution in [0.25, 0.3) is 43.9 Å². The molecule has 0 saturated carbocycles. The maximum atomic E-state index is 9.68. The Kier molecular flexibility index (Phi) is 6.69. The third-order valence-electron chi connectivity index (χ3n) is 8.10. The zero-order valence-electron chi connectivity index (χ0n) is 23.4. The van der Waals surface area contributed by atoms with Crippen molar-refractivity contribution < 1.29 is 9.52 Å². The average molecular weight is 546 g/mol. The summed E-state index contributed by atoms with van der Waals surface area (Å²) in [5.74, 6) is 0. The van der Waals surface area contributed by atoms with E-state index in [4.69, 9.17) is 4.42 Å². The summed E-state index contributed by atoms with van der Waals surface area (Å²) in [6, 6.07) is 38.3. The lowest BCUT2D eigenvalue weighted by Crippen LogP contribution is -2.30. The number of benzene rings is 5. The van der Waals surface area contributed by atoms with Gasteiger partial charge >= 0.3 is 0 Å². The molecule has 1 aliphatic carbocycles. The number of para-hydroxylation sites is 2. The van der Waals surface area contributed by atoms with Crippen LogP contribution < -0.4 is 4.90 Å². The Morgan fingerprint density at radius 2 is 1.60 bits per heavy atom. The second kappa shape index (κ2) is 10.9. The van der Waals surface area contributed by atoms with Gasteiger partial charge in [0.15, 0.2) is 0 Å². The van der Waals surface area contributed by atoms with Gasteiger partial charge in [0.25, 0.3) is 0 Å². The third kappa shape index (κ3) is 4.59. The molecule has 0 fully saturated rings. The van der Waals surface area contributed by atoms with E-state index in [2.05, 4.69) is 120 Å². The molecule has 7 rings (SSSR count). The quantitative estimate of drug-likeness (QED) is 0.167. The molecule has 1 N–H and O–H groups in total. The Balaban J connectivity index is 1.20. The molecule has 204 valence electrons. The highest BCUT2D eigenvalue weighted by molar-refractivity contribution is 6.19. The average Bonchev–Trinajstić information content (AvgIpc) is 3.44. The van der Waals surface area contributed by atoms with E-state index < -0.39 is 0 Å². The highest BCUT2D eigenvalue weighted by Gasteiger charge is 2.21. The van der Waals surface area contributed by atoms with Crippen LogP contribution in [0.3, 0.4) is 0 Å². The van der Waals surface area contributed by atoms with Gasteiger partial charge in [0.05, 0.1) is 12.3 Å². The van der Waals surface area contributed by atoms with E-state index in [1.807, 2.05) is 31.2 Å². The van der Waals surface area contributed by atoms with Crippen molar-refractivity contribution in [3.8, 4) is 0 Å². The number of fused-ring (bicyclic) bond motifs is 5. The molecule has 1 unspecified atom stereocenters. The Morgan fingerprint density at radius 3 is 2.36 bits per heavy atom. The van der Waals surface area contributed by atoms with Crippen molar-refractivity contribution in [2.75, 3.05) is 4.90 Å². The smallest absolute Gasteiger partial charge is 0.136 e. The van der Waals surface area contributed by atoms with Crippen LogP contribution in [0.4, 0.5) is 11.4 Å². The lowest BCUT2D eigenvalue weighted by molar-refractivity contribution is 0.476. The molecule has 0 spiro atoms. The van der Waals surface area contributed by atoms with Crippen LogP contribution in [0, 0.1) is 0 Å². The highest BCUT2D eigenvalue weighted by Crippen LogP contribution is 2.37. The minimum atomic E-state index is 0.169. The Hall–Kier alpha value is -5.28. The third-order valence-corrected chi connectivity index (χ3v) is 8.10. The molecule has 6 aromatic rings. The van der Waals surface area contributed by atoms with E-state index in [-0.39, 0.29) is 6.04 Å².